The second kappa shape index (κ2) is 8.74. The van der Waals surface area contributed by atoms with Gasteiger partial charge in [-0.25, -0.2) is 0 Å². The van der Waals surface area contributed by atoms with Crippen molar-refractivity contribution < 1.29 is 19.1 Å². The van der Waals surface area contributed by atoms with Gasteiger partial charge in [0.2, 0.25) is 0 Å². The standard InChI is InChI=1S/C26H31NO4/c1-4-5-20-7-9-21(10-8-20)30-17-24(29)27-14-12-26(13-15-27)16-23(28)22-11-6-18(2)19(3)25(22)31-26/h6-11H,4-5,12-17H2,1-3H3. The molecule has 0 unspecified atom stereocenters. The summed E-state index contributed by atoms with van der Waals surface area (Å²) in [6.07, 6.45) is 3.84. The number of carbonyl (C=O) groups excluding carboxylic acids is 2. The van der Waals surface area contributed by atoms with E-state index in [-0.39, 0.29) is 18.3 Å². The summed E-state index contributed by atoms with van der Waals surface area (Å²) in [5.41, 5.74) is 3.61. The van der Waals surface area contributed by atoms with Crippen LogP contribution in [-0.2, 0) is 11.2 Å². The van der Waals surface area contributed by atoms with Crippen LogP contribution in [0.2, 0.25) is 0 Å². The second-order valence-electron chi connectivity index (χ2n) is 8.83. The highest BCUT2D eigenvalue weighted by Crippen LogP contribution is 2.41. The first-order chi connectivity index (χ1) is 14.9. The van der Waals surface area contributed by atoms with Crippen LogP contribution in [-0.4, -0.2) is 41.9 Å². The maximum absolute atomic E-state index is 12.8. The third kappa shape index (κ3) is 4.46. The van der Waals surface area contributed by atoms with Crippen molar-refractivity contribution in [1.82, 2.24) is 4.90 Å². The fourth-order valence-corrected chi connectivity index (χ4v) is 4.50. The van der Waals surface area contributed by atoms with E-state index >= 15 is 0 Å². The Labute approximate surface area is 184 Å². The first-order valence-electron chi connectivity index (χ1n) is 11.2. The summed E-state index contributed by atoms with van der Waals surface area (Å²) in [5, 5.41) is 0. The summed E-state index contributed by atoms with van der Waals surface area (Å²) < 4.78 is 12.1. The molecule has 0 atom stereocenters. The van der Waals surface area contributed by atoms with Crippen LogP contribution in [0.25, 0.3) is 0 Å². The third-order valence-corrected chi connectivity index (χ3v) is 6.63. The number of hydrogen-bond donors (Lipinski definition) is 0. The van der Waals surface area contributed by atoms with E-state index in [4.69, 9.17) is 9.47 Å². The predicted octanol–water partition coefficient (Wildman–Crippen LogP) is 4.66. The molecule has 0 aromatic heterocycles. The van der Waals surface area contributed by atoms with E-state index in [0.29, 0.717) is 43.7 Å². The van der Waals surface area contributed by atoms with Gasteiger partial charge < -0.3 is 14.4 Å². The zero-order valence-electron chi connectivity index (χ0n) is 18.7. The number of aryl methyl sites for hydroxylation is 2. The van der Waals surface area contributed by atoms with Crippen molar-refractivity contribution in [1.29, 1.82) is 0 Å². The van der Waals surface area contributed by atoms with Crippen molar-refractivity contribution in [2.45, 2.75) is 58.5 Å². The molecule has 5 heteroatoms. The first-order valence-corrected chi connectivity index (χ1v) is 11.2. The minimum Gasteiger partial charge on any atom is -0.486 e. The molecule has 2 aromatic carbocycles. The van der Waals surface area contributed by atoms with E-state index in [0.717, 1.165) is 29.7 Å². The lowest BCUT2D eigenvalue weighted by Crippen LogP contribution is -2.53. The Balaban J connectivity index is 1.34. The van der Waals surface area contributed by atoms with Crippen LogP contribution >= 0.6 is 0 Å². The van der Waals surface area contributed by atoms with Gasteiger partial charge in [-0.2, -0.15) is 0 Å². The molecule has 0 radical (unpaired) electrons. The molecule has 0 N–H and O–H groups in total. The molecule has 1 amide bonds. The summed E-state index contributed by atoms with van der Waals surface area (Å²) in [6.45, 7) is 7.37. The number of rotatable bonds is 5. The van der Waals surface area contributed by atoms with Gasteiger partial charge >= 0.3 is 0 Å². The lowest BCUT2D eigenvalue weighted by atomic mass is 9.81. The number of hydrogen-bond acceptors (Lipinski definition) is 4. The lowest BCUT2D eigenvalue weighted by molar-refractivity contribution is -0.136. The van der Waals surface area contributed by atoms with Gasteiger partial charge in [-0.3, -0.25) is 9.59 Å². The van der Waals surface area contributed by atoms with E-state index in [2.05, 4.69) is 6.92 Å². The number of benzene rings is 2. The van der Waals surface area contributed by atoms with Gasteiger partial charge in [0.05, 0.1) is 12.0 Å². The highest BCUT2D eigenvalue weighted by atomic mass is 16.5. The Morgan fingerprint density at radius 3 is 2.48 bits per heavy atom. The number of likely N-dealkylation sites (tertiary alicyclic amines) is 1. The third-order valence-electron chi connectivity index (χ3n) is 6.63. The van der Waals surface area contributed by atoms with Crippen LogP contribution in [0.4, 0.5) is 0 Å². The number of carbonyl (C=O) groups is 2. The Hall–Kier alpha value is -2.82. The molecule has 0 aliphatic carbocycles. The topological polar surface area (TPSA) is 55.8 Å². The molecule has 2 aromatic rings. The Morgan fingerprint density at radius 1 is 1.10 bits per heavy atom. The summed E-state index contributed by atoms with van der Waals surface area (Å²) in [6, 6.07) is 11.8. The minimum atomic E-state index is -0.505. The average Bonchev–Trinajstić information content (AvgIpc) is 2.77. The van der Waals surface area contributed by atoms with Crippen LogP contribution in [0, 0.1) is 13.8 Å². The molecule has 1 saturated heterocycles. The van der Waals surface area contributed by atoms with Gasteiger partial charge in [0.25, 0.3) is 5.91 Å². The quantitative estimate of drug-likeness (QED) is 0.705. The van der Waals surface area contributed by atoms with E-state index in [1.54, 1.807) is 0 Å². The van der Waals surface area contributed by atoms with Crippen molar-refractivity contribution >= 4 is 11.7 Å². The summed E-state index contributed by atoms with van der Waals surface area (Å²) in [5.74, 6) is 1.55. The summed E-state index contributed by atoms with van der Waals surface area (Å²) >= 11 is 0. The van der Waals surface area contributed by atoms with Gasteiger partial charge in [0, 0.05) is 25.9 Å². The number of ketones is 1. The number of Topliss-reactive ketones (excluding diaryl/α,β-unsaturated/α-hetero) is 1. The van der Waals surface area contributed by atoms with E-state index < -0.39 is 5.60 Å². The van der Waals surface area contributed by atoms with E-state index in [9.17, 15) is 9.59 Å². The predicted molar refractivity (Wildman–Crippen MR) is 120 cm³/mol. The highest BCUT2D eigenvalue weighted by Gasteiger charge is 2.44. The van der Waals surface area contributed by atoms with Crippen LogP contribution in [0.3, 0.4) is 0 Å². The molecular weight excluding hydrogens is 390 g/mol. The summed E-state index contributed by atoms with van der Waals surface area (Å²) in [4.78, 5) is 27.3. The second-order valence-corrected chi connectivity index (χ2v) is 8.83. The van der Waals surface area contributed by atoms with Crippen LogP contribution in [0.1, 0.15) is 59.7 Å². The van der Waals surface area contributed by atoms with E-state index in [1.165, 1.54) is 5.56 Å². The lowest BCUT2D eigenvalue weighted by Gasteiger charge is -2.44. The molecule has 164 valence electrons. The Kier molecular flexibility index (Phi) is 6.03. The van der Waals surface area contributed by atoms with Crippen molar-refractivity contribution in [2.24, 2.45) is 0 Å². The molecule has 4 rings (SSSR count). The maximum atomic E-state index is 12.8. The highest BCUT2D eigenvalue weighted by molar-refractivity contribution is 6.01. The molecule has 2 heterocycles. The number of fused-ring (bicyclic) bond motifs is 1. The van der Waals surface area contributed by atoms with Crippen LogP contribution in [0.5, 0.6) is 11.5 Å². The Morgan fingerprint density at radius 2 is 1.81 bits per heavy atom. The molecule has 0 saturated carbocycles. The fraction of sp³-hybridized carbons (Fsp3) is 0.462. The average molecular weight is 422 g/mol. The molecule has 5 nitrogen and oxygen atoms in total. The SMILES string of the molecule is CCCc1ccc(OCC(=O)N2CCC3(CC2)CC(=O)c2ccc(C)c(C)c2O3)cc1. The zero-order valence-corrected chi connectivity index (χ0v) is 18.7. The van der Waals surface area contributed by atoms with Gasteiger partial charge in [-0.15, -0.1) is 0 Å². The molecule has 1 spiro atoms. The number of amides is 1. The van der Waals surface area contributed by atoms with Crippen molar-refractivity contribution in [3.8, 4) is 11.5 Å². The fourth-order valence-electron chi connectivity index (χ4n) is 4.50. The maximum Gasteiger partial charge on any atom is 0.260 e. The molecule has 31 heavy (non-hydrogen) atoms. The zero-order chi connectivity index (χ0) is 22.0. The minimum absolute atomic E-state index is 0.0259. The van der Waals surface area contributed by atoms with Crippen molar-refractivity contribution in [2.75, 3.05) is 19.7 Å². The normalized spacial score (nSPS) is 17.3. The molecule has 1 fully saturated rings. The van der Waals surface area contributed by atoms with Gasteiger partial charge in [-0.1, -0.05) is 31.5 Å². The van der Waals surface area contributed by atoms with Gasteiger partial charge in [0.15, 0.2) is 12.4 Å². The van der Waals surface area contributed by atoms with Gasteiger partial charge in [-0.05, 0) is 55.2 Å². The number of piperidine rings is 1. The van der Waals surface area contributed by atoms with Crippen molar-refractivity contribution in [3.05, 3.63) is 58.7 Å². The smallest absolute Gasteiger partial charge is 0.260 e. The number of nitrogens with zero attached hydrogens (tertiary/aromatic N) is 1. The molecule has 0 bridgehead atoms. The number of ether oxygens (including phenoxy) is 2. The summed E-state index contributed by atoms with van der Waals surface area (Å²) in [7, 11) is 0. The monoisotopic (exact) mass is 421 g/mol. The van der Waals surface area contributed by atoms with Gasteiger partial charge in [0.1, 0.15) is 17.1 Å². The molecule has 2 aliphatic rings. The molecule has 2 aliphatic heterocycles. The van der Waals surface area contributed by atoms with Crippen LogP contribution in [0.15, 0.2) is 36.4 Å². The van der Waals surface area contributed by atoms with Crippen LogP contribution < -0.4 is 9.47 Å². The first kappa shape index (κ1) is 21.4. The van der Waals surface area contributed by atoms with E-state index in [1.807, 2.05) is 55.1 Å². The molecular formula is C26H31NO4. The van der Waals surface area contributed by atoms with Crippen molar-refractivity contribution in [3.63, 3.8) is 0 Å². The Bertz CT molecular complexity index is 972. The largest absolute Gasteiger partial charge is 0.486 e.